The predicted octanol–water partition coefficient (Wildman–Crippen LogP) is 1.20. The third-order valence-electron chi connectivity index (χ3n) is 0.997. The summed E-state index contributed by atoms with van der Waals surface area (Å²) in [5.41, 5.74) is 0. The van der Waals surface area contributed by atoms with Gasteiger partial charge in [-0.2, -0.15) is 5.26 Å². The Bertz CT molecular complexity index is 79.0. The third kappa shape index (κ3) is 1.83. The van der Waals surface area contributed by atoms with Crippen molar-refractivity contribution in [2.24, 2.45) is 0 Å². The summed E-state index contributed by atoms with van der Waals surface area (Å²) < 4.78 is 0. The maximum Gasteiger partial charge on any atom is 0.179 e. The predicted molar refractivity (Wildman–Crippen MR) is 33.2 cm³/mol. The van der Waals surface area contributed by atoms with E-state index in [1.165, 1.54) is 6.42 Å². The second kappa shape index (κ2) is 4.45. The van der Waals surface area contributed by atoms with Crippen molar-refractivity contribution in [1.82, 2.24) is 4.90 Å². The van der Waals surface area contributed by atoms with Crippen LogP contribution in [0.15, 0.2) is 0 Å². The lowest BCUT2D eigenvalue weighted by Gasteiger charge is -2.23. The molecule has 1 aliphatic heterocycles. The maximum atomic E-state index is 8.06. The van der Waals surface area contributed by atoms with Crippen molar-refractivity contribution in [3.63, 3.8) is 0 Å². The molecule has 0 aliphatic carbocycles. The first-order valence-corrected chi connectivity index (χ1v) is 3.08. The SMILES string of the molecule is CC.N#CN1CCC1. The van der Waals surface area contributed by atoms with E-state index >= 15 is 0 Å². The van der Waals surface area contributed by atoms with E-state index in [1.54, 1.807) is 4.90 Å². The van der Waals surface area contributed by atoms with E-state index in [2.05, 4.69) is 0 Å². The summed E-state index contributed by atoms with van der Waals surface area (Å²) in [5, 5.41) is 8.06. The van der Waals surface area contributed by atoms with Gasteiger partial charge in [0.1, 0.15) is 0 Å². The van der Waals surface area contributed by atoms with Gasteiger partial charge in [-0.05, 0) is 6.42 Å². The summed E-state index contributed by atoms with van der Waals surface area (Å²) in [6, 6.07) is 0. The molecule has 0 aromatic rings. The van der Waals surface area contributed by atoms with Gasteiger partial charge in [0, 0.05) is 13.1 Å². The zero-order valence-electron chi connectivity index (χ0n) is 5.52. The lowest BCUT2D eigenvalue weighted by Crippen LogP contribution is -2.32. The molecule has 1 fully saturated rings. The Morgan fingerprint density at radius 1 is 1.38 bits per heavy atom. The Hall–Kier alpha value is -0.710. The van der Waals surface area contributed by atoms with Crippen LogP contribution in [0, 0.1) is 11.5 Å². The number of likely N-dealkylation sites (tertiary alicyclic amines) is 1. The van der Waals surface area contributed by atoms with Crippen LogP contribution in [0.4, 0.5) is 0 Å². The highest BCUT2D eigenvalue weighted by Crippen LogP contribution is 2.00. The van der Waals surface area contributed by atoms with Crippen molar-refractivity contribution in [2.45, 2.75) is 20.3 Å². The van der Waals surface area contributed by atoms with Gasteiger partial charge in [-0.1, -0.05) is 13.8 Å². The zero-order valence-corrected chi connectivity index (χ0v) is 5.52. The molecule has 46 valence electrons. The van der Waals surface area contributed by atoms with Crippen molar-refractivity contribution in [3.05, 3.63) is 0 Å². The summed E-state index contributed by atoms with van der Waals surface area (Å²) in [5.74, 6) is 0. The number of hydrogen-bond donors (Lipinski definition) is 0. The van der Waals surface area contributed by atoms with Crippen LogP contribution in [0.1, 0.15) is 20.3 Å². The molecule has 0 aromatic carbocycles. The van der Waals surface area contributed by atoms with Crippen LogP contribution in [0.5, 0.6) is 0 Å². The summed E-state index contributed by atoms with van der Waals surface area (Å²) in [6.45, 7) is 5.97. The molecule has 0 aromatic heterocycles. The molecule has 0 saturated carbocycles. The van der Waals surface area contributed by atoms with Gasteiger partial charge in [-0.3, -0.25) is 0 Å². The van der Waals surface area contributed by atoms with Crippen LogP contribution < -0.4 is 0 Å². The van der Waals surface area contributed by atoms with Crippen LogP contribution in [0.25, 0.3) is 0 Å². The summed E-state index contributed by atoms with van der Waals surface area (Å²) in [6.07, 6.45) is 3.24. The summed E-state index contributed by atoms with van der Waals surface area (Å²) in [4.78, 5) is 1.74. The van der Waals surface area contributed by atoms with Crippen LogP contribution in [-0.2, 0) is 0 Å². The zero-order chi connectivity index (χ0) is 6.41. The average molecular weight is 112 g/mol. The Morgan fingerprint density at radius 2 is 1.88 bits per heavy atom. The number of nitriles is 1. The molecule has 1 aliphatic rings. The minimum Gasteiger partial charge on any atom is -0.311 e. The van der Waals surface area contributed by atoms with Crippen LogP contribution in [-0.4, -0.2) is 18.0 Å². The molecule has 0 spiro atoms. The molecule has 0 radical (unpaired) electrons. The Balaban J connectivity index is 0.000000222. The van der Waals surface area contributed by atoms with E-state index in [-0.39, 0.29) is 0 Å². The van der Waals surface area contributed by atoms with E-state index in [4.69, 9.17) is 5.26 Å². The van der Waals surface area contributed by atoms with Gasteiger partial charge >= 0.3 is 0 Å². The van der Waals surface area contributed by atoms with Gasteiger partial charge < -0.3 is 4.90 Å². The molecule has 8 heavy (non-hydrogen) atoms. The van der Waals surface area contributed by atoms with Gasteiger partial charge in [-0.15, -0.1) is 0 Å². The lowest BCUT2D eigenvalue weighted by molar-refractivity contribution is 0.277. The minimum atomic E-state index is 0.983. The lowest BCUT2D eigenvalue weighted by atomic mass is 10.2. The largest absolute Gasteiger partial charge is 0.311 e. The molecule has 2 nitrogen and oxygen atoms in total. The Morgan fingerprint density at radius 3 is 1.88 bits per heavy atom. The highest BCUT2D eigenvalue weighted by atomic mass is 15.2. The Labute approximate surface area is 50.7 Å². The number of rotatable bonds is 0. The number of hydrogen-bond acceptors (Lipinski definition) is 2. The molecule has 0 atom stereocenters. The van der Waals surface area contributed by atoms with Crippen molar-refractivity contribution in [2.75, 3.05) is 13.1 Å². The summed E-state index contributed by atoms with van der Waals surface area (Å²) in [7, 11) is 0. The molecular formula is C6H12N2. The van der Waals surface area contributed by atoms with Crippen molar-refractivity contribution < 1.29 is 0 Å². The molecule has 2 heteroatoms. The van der Waals surface area contributed by atoms with Gasteiger partial charge in [0.2, 0.25) is 0 Å². The maximum absolute atomic E-state index is 8.06. The average Bonchev–Trinajstić information content (AvgIpc) is 1.69. The highest BCUT2D eigenvalue weighted by molar-refractivity contribution is 4.80. The monoisotopic (exact) mass is 112 g/mol. The van der Waals surface area contributed by atoms with Crippen molar-refractivity contribution >= 4 is 0 Å². The van der Waals surface area contributed by atoms with E-state index in [0.29, 0.717) is 0 Å². The van der Waals surface area contributed by atoms with Gasteiger partial charge in [0.25, 0.3) is 0 Å². The van der Waals surface area contributed by atoms with Gasteiger partial charge in [0.05, 0.1) is 0 Å². The topological polar surface area (TPSA) is 27.0 Å². The highest BCUT2D eigenvalue weighted by Gasteiger charge is 2.08. The molecule has 1 heterocycles. The van der Waals surface area contributed by atoms with Crippen LogP contribution in [0.3, 0.4) is 0 Å². The molecule has 1 saturated heterocycles. The first-order chi connectivity index (χ1) is 3.93. The molecular weight excluding hydrogens is 100 g/mol. The normalized spacial score (nSPS) is 14.9. The number of nitrogens with zero attached hydrogens (tertiary/aromatic N) is 2. The van der Waals surface area contributed by atoms with E-state index in [0.717, 1.165) is 13.1 Å². The van der Waals surface area contributed by atoms with Crippen molar-refractivity contribution in [3.8, 4) is 6.19 Å². The molecule has 0 unspecified atom stereocenters. The quantitative estimate of drug-likeness (QED) is 0.440. The Kier molecular flexibility index (Phi) is 4.05. The molecule has 0 bridgehead atoms. The molecule has 0 amide bonds. The smallest absolute Gasteiger partial charge is 0.179 e. The molecule has 1 rings (SSSR count). The van der Waals surface area contributed by atoms with Crippen LogP contribution >= 0.6 is 0 Å². The first-order valence-electron chi connectivity index (χ1n) is 3.08. The third-order valence-corrected chi connectivity index (χ3v) is 0.997. The van der Waals surface area contributed by atoms with E-state index in [1.807, 2.05) is 20.0 Å². The van der Waals surface area contributed by atoms with Gasteiger partial charge in [0.15, 0.2) is 6.19 Å². The second-order valence-electron chi connectivity index (χ2n) is 1.44. The van der Waals surface area contributed by atoms with E-state index in [9.17, 15) is 0 Å². The van der Waals surface area contributed by atoms with Crippen LogP contribution in [0.2, 0.25) is 0 Å². The minimum absolute atomic E-state index is 0.983. The second-order valence-corrected chi connectivity index (χ2v) is 1.44. The fourth-order valence-electron chi connectivity index (χ4n) is 0.416. The fourth-order valence-corrected chi connectivity index (χ4v) is 0.416. The fraction of sp³-hybridized carbons (Fsp3) is 0.833. The summed E-state index contributed by atoms with van der Waals surface area (Å²) >= 11 is 0. The standard InChI is InChI=1S/C4H6N2.C2H6/c5-4-6-2-1-3-6;1-2/h1-3H2;1-2H3. The first kappa shape index (κ1) is 7.29. The van der Waals surface area contributed by atoms with Crippen molar-refractivity contribution in [1.29, 1.82) is 5.26 Å². The molecule has 0 N–H and O–H groups in total. The van der Waals surface area contributed by atoms with Gasteiger partial charge in [-0.25, -0.2) is 0 Å². The van der Waals surface area contributed by atoms with E-state index < -0.39 is 0 Å².